The van der Waals surface area contributed by atoms with Gasteiger partial charge in [-0.3, -0.25) is 9.36 Å². The van der Waals surface area contributed by atoms with E-state index in [2.05, 4.69) is 4.98 Å². The Kier molecular flexibility index (Phi) is 8.26. The van der Waals surface area contributed by atoms with E-state index in [1.807, 2.05) is 18.2 Å². The van der Waals surface area contributed by atoms with E-state index in [0.717, 1.165) is 4.57 Å². The minimum absolute atomic E-state index is 0.0472. The number of para-hydroxylation sites is 1. The number of carboxylic acids is 1. The number of carboxylic acid groups (broad SMARTS) is 1. The molecule has 0 aliphatic heterocycles. The van der Waals surface area contributed by atoms with Crippen LogP contribution in [0.1, 0.15) is 56.8 Å². The number of rotatable bonds is 10. The first-order valence-electron chi connectivity index (χ1n) is 15.1. The van der Waals surface area contributed by atoms with Crippen molar-refractivity contribution in [3.8, 4) is 16.5 Å². The minimum atomic E-state index is -3.12. The topological polar surface area (TPSA) is 160 Å². The van der Waals surface area contributed by atoms with Crippen molar-refractivity contribution in [1.29, 1.82) is 0 Å². The van der Waals surface area contributed by atoms with Gasteiger partial charge in [-0.1, -0.05) is 18.2 Å². The van der Waals surface area contributed by atoms with Gasteiger partial charge in [0, 0.05) is 11.8 Å². The van der Waals surface area contributed by atoms with E-state index in [1.165, 1.54) is 48.5 Å². The van der Waals surface area contributed by atoms with Crippen molar-refractivity contribution in [3.05, 3.63) is 68.7 Å². The van der Waals surface area contributed by atoms with Gasteiger partial charge in [-0.05, 0) is 69.9 Å². The lowest BCUT2D eigenvalue weighted by Gasteiger charge is -2.27. The summed E-state index contributed by atoms with van der Waals surface area (Å²) >= 11 is 1.17. The lowest BCUT2D eigenvalue weighted by Crippen LogP contribution is -2.52. The Hall–Kier alpha value is -3.75. The molecule has 1 N–H and O–H groups in total. The molecule has 3 aromatic heterocycles. The highest BCUT2D eigenvalue weighted by atomic mass is 32.2. The number of carbonyl (C=O) groups is 1. The first-order valence-corrected chi connectivity index (χ1v) is 17.9. The summed E-state index contributed by atoms with van der Waals surface area (Å²) in [4.78, 5) is 45.8. The summed E-state index contributed by atoms with van der Waals surface area (Å²) in [5.41, 5.74) is -2.15. The maximum Gasteiger partial charge on any atom is 0.333 e. The molecular weight excluding hydrogens is 634 g/mol. The van der Waals surface area contributed by atoms with Crippen LogP contribution in [0.15, 0.2) is 50.7 Å². The molecular formula is C32H37N3O9S2. The van der Waals surface area contributed by atoms with Crippen molar-refractivity contribution < 1.29 is 32.2 Å². The predicted molar refractivity (Wildman–Crippen MR) is 172 cm³/mol. The van der Waals surface area contributed by atoms with Crippen LogP contribution in [0.25, 0.3) is 21.0 Å². The summed E-state index contributed by atoms with van der Waals surface area (Å²) in [6.07, 6.45) is 5.86. The summed E-state index contributed by atoms with van der Waals surface area (Å²) in [6.45, 7) is 4.32. The van der Waals surface area contributed by atoms with Crippen LogP contribution < -0.4 is 16.0 Å². The van der Waals surface area contributed by atoms with E-state index >= 15 is 0 Å². The molecule has 2 saturated carbocycles. The summed E-state index contributed by atoms with van der Waals surface area (Å²) in [5, 5.41) is 9.96. The van der Waals surface area contributed by atoms with Gasteiger partial charge in [0.2, 0.25) is 5.89 Å². The molecule has 46 heavy (non-hydrogen) atoms. The number of thiophene rings is 1. The highest BCUT2D eigenvalue weighted by Gasteiger charge is 2.46. The third-order valence-corrected chi connectivity index (χ3v) is 12.5. The van der Waals surface area contributed by atoms with Crippen molar-refractivity contribution >= 4 is 37.4 Å². The largest absolute Gasteiger partial charge is 0.496 e. The predicted octanol–water partition coefficient (Wildman–Crippen LogP) is 4.38. The zero-order chi connectivity index (χ0) is 33.1. The number of benzene rings is 1. The fourth-order valence-electron chi connectivity index (χ4n) is 7.15. The van der Waals surface area contributed by atoms with Crippen LogP contribution in [0.5, 0.6) is 5.75 Å². The molecule has 2 aliphatic carbocycles. The summed E-state index contributed by atoms with van der Waals surface area (Å²) in [6, 6.07) is 7.33. The number of aryl methyl sites for hydroxylation is 1. The lowest BCUT2D eigenvalue weighted by atomic mass is 10.0. The van der Waals surface area contributed by atoms with E-state index in [-0.39, 0.29) is 41.0 Å². The zero-order valence-corrected chi connectivity index (χ0v) is 27.9. The van der Waals surface area contributed by atoms with Crippen molar-refractivity contribution in [2.24, 2.45) is 11.8 Å². The molecule has 1 aromatic carbocycles. The smallest absolute Gasteiger partial charge is 0.333 e. The van der Waals surface area contributed by atoms with E-state index in [1.54, 1.807) is 20.1 Å². The first-order chi connectivity index (χ1) is 21.7. The number of hydrogen-bond acceptors (Lipinski definition) is 10. The average Bonchev–Trinajstić information content (AvgIpc) is 3.78. The molecule has 0 spiro atoms. The Morgan fingerprint density at radius 2 is 1.85 bits per heavy atom. The van der Waals surface area contributed by atoms with Gasteiger partial charge in [0.05, 0.1) is 41.5 Å². The molecule has 2 fully saturated rings. The van der Waals surface area contributed by atoms with Crippen molar-refractivity contribution in [2.45, 2.75) is 76.0 Å². The van der Waals surface area contributed by atoms with Gasteiger partial charge in [0.15, 0.2) is 0 Å². The van der Waals surface area contributed by atoms with Crippen LogP contribution in [-0.4, -0.2) is 58.3 Å². The molecule has 0 bridgehead atoms. The summed E-state index contributed by atoms with van der Waals surface area (Å²) in [5.74, 6) is -0.0587. The van der Waals surface area contributed by atoms with Gasteiger partial charge in [0.25, 0.3) is 5.56 Å². The lowest BCUT2D eigenvalue weighted by molar-refractivity contribution is -0.146. The Morgan fingerprint density at radius 1 is 1.17 bits per heavy atom. The standard InChI is InChI=1S/C32H37N3O9S2/c1-17-25-28(36)35(32(2,3)30(37)38)31(39)34(29(25)45-26(17)27-33-10-11-43-27)16-24(22-8-6-7-9-23(22)42-4)44-20-12-18-14-21(46(5,40)41)15-19(18)13-20/h6-11,18-21,24H,12-16H2,1-5H3,(H,37,38)/t18-,19+,20-,21-,24?. The van der Waals surface area contributed by atoms with Crippen molar-refractivity contribution in [1.82, 2.24) is 14.1 Å². The van der Waals surface area contributed by atoms with Crippen LogP contribution in [0.2, 0.25) is 0 Å². The second-order valence-corrected chi connectivity index (χ2v) is 16.2. The number of methoxy groups -OCH3 is 1. The van der Waals surface area contributed by atoms with Crippen LogP contribution in [0.4, 0.5) is 0 Å². The Bertz CT molecular complexity index is 2010. The zero-order valence-electron chi connectivity index (χ0n) is 26.3. The molecule has 0 saturated heterocycles. The SMILES string of the molecule is COc1ccccc1C(Cn1c(=O)n(C(C)(C)C(=O)O)c(=O)c2c(C)c(-c3ncco3)sc21)O[C@@H]1C[C@@H]2C[C@@H](S(C)(=O)=O)C[C@@H]2C1. The monoisotopic (exact) mass is 671 g/mol. The third-order valence-electron chi connectivity index (χ3n) is 9.65. The highest BCUT2D eigenvalue weighted by Crippen LogP contribution is 2.48. The number of hydrogen-bond donors (Lipinski definition) is 1. The average molecular weight is 672 g/mol. The van der Waals surface area contributed by atoms with E-state index in [4.69, 9.17) is 13.9 Å². The Balaban J connectivity index is 1.48. The summed E-state index contributed by atoms with van der Waals surface area (Å²) < 4.78 is 44.7. The maximum atomic E-state index is 14.3. The van der Waals surface area contributed by atoms with E-state index in [0.29, 0.717) is 52.3 Å². The van der Waals surface area contributed by atoms with Crippen LogP contribution in [0.3, 0.4) is 0 Å². The molecule has 6 rings (SSSR count). The number of ether oxygens (including phenoxy) is 2. The number of sulfone groups is 1. The molecule has 4 aromatic rings. The Labute approximate surface area is 269 Å². The fourth-order valence-corrected chi connectivity index (χ4v) is 9.58. The molecule has 2 aliphatic rings. The first kappa shape index (κ1) is 32.2. The number of aliphatic carboxylic acids is 1. The molecule has 5 atom stereocenters. The van der Waals surface area contributed by atoms with Crippen LogP contribution >= 0.6 is 11.3 Å². The molecule has 12 nitrogen and oxygen atoms in total. The summed E-state index contributed by atoms with van der Waals surface area (Å²) in [7, 11) is -1.57. The van der Waals surface area contributed by atoms with E-state index in [9.17, 15) is 27.9 Å². The van der Waals surface area contributed by atoms with Crippen LogP contribution in [-0.2, 0) is 31.5 Å². The highest BCUT2D eigenvalue weighted by molar-refractivity contribution is 7.91. The van der Waals surface area contributed by atoms with Crippen molar-refractivity contribution in [3.63, 3.8) is 0 Å². The second-order valence-electron chi connectivity index (χ2n) is 12.9. The molecule has 0 amide bonds. The molecule has 1 unspecified atom stereocenters. The minimum Gasteiger partial charge on any atom is -0.496 e. The Morgan fingerprint density at radius 3 is 2.43 bits per heavy atom. The van der Waals surface area contributed by atoms with Crippen LogP contribution in [0, 0.1) is 18.8 Å². The molecule has 3 heterocycles. The number of fused-ring (bicyclic) bond motifs is 2. The number of nitrogens with zero attached hydrogens (tertiary/aromatic N) is 3. The van der Waals surface area contributed by atoms with Crippen molar-refractivity contribution in [2.75, 3.05) is 13.4 Å². The normalized spacial score (nSPS) is 22.3. The third kappa shape index (κ3) is 5.49. The fraction of sp³-hybridized carbons (Fsp3) is 0.500. The number of oxazole rings is 1. The van der Waals surface area contributed by atoms with E-state index < -0.39 is 38.7 Å². The van der Waals surface area contributed by atoms with Gasteiger partial charge < -0.3 is 19.0 Å². The quantitative estimate of drug-likeness (QED) is 0.256. The van der Waals surface area contributed by atoms with Gasteiger partial charge in [-0.2, -0.15) is 0 Å². The van der Waals surface area contributed by atoms with Gasteiger partial charge in [0.1, 0.15) is 38.3 Å². The molecule has 14 heteroatoms. The van der Waals surface area contributed by atoms with Gasteiger partial charge in [-0.15, -0.1) is 11.3 Å². The maximum absolute atomic E-state index is 14.3. The number of aromatic nitrogens is 3. The second kappa shape index (κ2) is 11.8. The van der Waals surface area contributed by atoms with Gasteiger partial charge in [-0.25, -0.2) is 27.6 Å². The molecule has 0 radical (unpaired) electrons. The van der Waals surface area contributed by atoms with Gasteiger partial charge >= 0.3 is 11.7 Å². The molecule has 246 valence electrons.